The first-order valence-corrected chi connectivity index (χ1v) is 3.05. The molecule has 0 heterocycles. The Bertz CT molecular complexity index is 74.9. The molecule has 0 aromatic heterocycles. The fourth-order valence-electron chi connectivity index (χ4n) is 1.18. The maximum absolute atomic E-state index is 9.09. The van der Waals surface area contributed by atoms with Gasteiger partial charge in [-0.3, -0.25) is 0 Å². The van der Waals surface area contributed by atoms with Crippen molar-refractivity contribution in [1.82, 2.24) is 5.32 Å². The van der Waals surface area contributed by atoms with Crippen LogP contribution in [0.3, 0.4) is 0 Å². The standard InChI is InChI=1S/C6H12NO/c1-7-5-3-2-4-6(5)8/h5-8H,1-4H2. The van der Waals surface area contributed by atoms with Crippen LogP contribution in [0.15, 0.2) is 0 Å². The molecule has 0 spiro atoms. The van der Waals surface area contributed by atoms with E-state index in [0.29, 0.717) is 0 Å². The lowest BCUT2D eigenvalue weighted by Gasteiger charge is -2.11. The molecule has 2 N–H and O–H groups in total. The molecule has 2 atom stereocenters. The van der Waals surface area contributed by atoms with Gasteiger partial charge in [-0.2, -0.15) is 0 Å². The zero-order chi connectivity index (χ0) is 5.98. The third kappa shape index (κ3) is 1.01. The Labute approximate surface area is 49.9 Å². The van der Waals surface area contributed by atoms with Gasteiger partial charge >= 0.3 is 0 Å². The first-order valence-electron chi connectivity index (χ1n) is 3.05. The number of rotatable bonds is 1. The van der Waals surface area contributed by atoms with Crippen molar-refractivity contribution >= 4 is 0 Å². The highest BCUT2D eigenvalue weighted by atomic mass is 16.3. The number of hydrogen-bond donors (Lipinski definition) is 2. The van der Waals surface area contributed by atoms with E-state index in [0.717, 1.165) is 19.3 Å². The molecule has 0 amide bonds. The normalized spacial score (nSPS) is 38.2. The van der Waals surface area contributed by atoms with E-state index < -0.39 is 0 Å². The summed E-state index contributed by atoms with van der Waals surface area (Å²) in [5.74, 6) is 0. The van der Waals surface area contributed by atoms with E-state index in [1.54, 1.807) is 0 Å². The number of hydrogen-bond acceptors (Lipinski definition) is 2. The lowest BCUT2D eigenvalue weighted by molar-refractivity contribution is 0.155. The number of nitrogens with one attached hydrogen (secondary N) is 1. The Balaban J connectivity index is 2.30. The van der Waals surface area contributed by atoms with Crippen LogP contribution in [-0.2, 0) is 0 Å². The van der Waals surface area contributed by atoms with Crippen LogP contribution in [0.1, 0.15) is 19.3 Å². The second kappa shape index (κ2) is 2.46. The first-order chi connectivity index (χ1) is 3.84. The minimum atomic E-state index is -0.146. The van der Waals surface area contributed by atoms with Crippen LogP contribution in [-0.4, -0.2) is 17.3 Å². The molecule has 0 aromatic rings. The summed E-state index contributed by atoms with van der Waals surface area (Å²) in [6, 6.07) is 0.259. The predicted octanol–water partition coefficient (Wildman–Crippen LogP) is 0.281. The highest BCUT2D eigenvalue weighted by molar-refractivity contribution is 4.81. The van der Waals surface area contributed by atoms with Gasteiger partial charge in [-0.25, -0.2) is 0 Å². The molecule has 0 saturated heterocycles. The molecule has 2 nitrogen and oxygen atoms in total. The van der Waals surface area contributed by atoms with Crippen molar-refractivity contribution in [2.45, 2.75) is 31.4 Å². The number of aliphatic hydroxyl groups is 1. The largest absolute Gasteiger partial charge is 0.392 e. The zero-order valence-electron chi connectivity index (χ0n) is 4.93. The molecule has 1 aliphatic carbocycles. The van der Waals surface area contributed by atoms with Crippen LogP contribution in [0, 0.1) is 7.05 Å². The van der Waals surface area contributed by atoms with Crippen LogP contribution >= 0.6 is 0 Å². The van der Waals surface area contributed by atoms with Gasteiger partial charge in [-0.15, -0.1) is 0 Å². The molecule has 1 saturated carbocycles. The SMILES string of the molecule is [CH2]NC1CCCC1O. The van der Waals surface area contributed by atoms with Crippen molar-refractivity contribution in [2.24, 2.45) is 0 Å². The Morgan fingerprint density at radius 1 is 1.50 bits per heavy atom. The molecule has 1 radical (unpaired) electrons. The summed E-state index contributed by atoms with van der Waals surface area (Å²) >= 11 is 0. The summed E-state index contributed by atoms with van der Waals surface area (Å²) in [5.41, 5.74) is 0. The Morgan fingerprint density at radius 3 is 2.50 bits per heavy atom. The molecule has 1 fully saturated rings. The Kier molecular flexibility index (Phi) is 1.86. The average Bonchev–Trinajstić information content (AvgIpc) is 2.14. The van der Waals surface area contributed by atoms with Crippen molar-refractivity contribution in [1.29, 1.82) is 0 Å². The summed E-state index contributed by atoms with van der Waals surface area (Å²) in [7, 11) is 3.51. The molecule has 8 heavy (non-hydrogen) atoms. The minimum Gasteiger partial charge on any atom is -0.392 e. The smallest absolute Gasteiger partial charge is 0.0693 e. The summed E-state index contributed by atoms with van der Waals surface area (Å²) < 4.78 is 0. The third-order valence-corrected chi connectivity index (χ3v) is 1.74. The molecule has 0 aromatic carbocycles. The van der Waals surface area contributed by atoms with Crippen molar-refractivity contribution in [3.63, 3.8) is 0 Å². The summed E-state index contributed by atoms with van der Waals surface area (Å²) in [6.45, 7) is 0. The molecule has 1 rings (SSSR count). The van der Waals surface area contributed by atoms with Gasteiger partial charge in [0, 0.05) is 13.1 Å². The molecular formula is C6H12NO. The molecular weight excluding hydrogens is 102 g/mol. The van der Waals surface area contributed by atoms with Crippen molar-refractivity contribution in [3.05, 3.63) is 7.05 Å². The topological polar surface area (TPSA) is 32.3 Å². The highest BCUT2D eigenvalue weighted by Gasteiger charge is 2.22. The van der Waals surface area contributed by atoms with E-state index in [4.69, 9.17) is 5.11 Å². The van der Waals surface area contributed by atoms with Gasteiger partial charge < -0.3 is 10.4 Å². The van der Waals surface area contributed by atoms with E-state index in [9.17, 15) is 0 Å². The van der Waals surface area contributed by atoms with E-state index in [1.165, 1.54) is 0 Å². The minimum absolute atomic E-state index is 0.146. The summed E-state index contributed by atoms with van der Waals surface area (Å²) in [6.07, 6.45) is 3.00. The highest BCUT2D eigenvalue weighted by Crippen LogP contribution is 2.17. The molecule has 1 aliphatic rings. The van der Waals surface area contributed by atoms with Gasteiger partial charge in [0.1, 0.15) is 0 Å². The molecule has 0 bridgehead atoms. The third-order valence-electron chi connectivity index (χ3n) is 1.74. The second-order valence-electron chi connectivity index (χ2n) is 2.31. The van der Waals surface area contributed by atoms with Crippen molar-refractivity contribution in [3.8, 4) is 0 Å². The van der Waals surface area contributed by atoms with Crippen molar-refractivity contribution < 1.29 is 5.11 Å². The number of aliphatic hydroxyl groups excluding tert-OH is 1. The Hall–Kier alpha value is -0.0800. The van der Waals surface area contributed by atoms with Crippen LogP contribution in [0.4, 0.5) is 0 Å². The zero-order valence-corrected chi connectivity index (χ0v) is 4.93. The maximum Gasteiger partial charge on any atom is 0.0693 e. The van der Waals surface area contributed by atoms with Gasteiger partial charge in [0.05, 0.1) is 6.10 Å². The summed E-state index contributed by atoms with van der Waals surface area (Å²) in [5, 5.41) is 11.9. The van der Waals surface area contributed by atoms with Gasteiger partial charge in [0.2, 0.25) is 0 Å². The van der Waals surface area contributed by atoms with E-state index >= 15 is 0 Å². The molecule has 2 unspecified atom stereocenters. The molecule has 47 valence electrons. The maximum atomic E-state index is 9.09. The molecule has 0 aliphatic heterocycles. The average molecular weight is 114 g/mol. The van der Waals surface area contributed by atoms with Gasteiger partial charge in [-0.05, 0) is 19.3 Å². The van der Waals surface area contributed by atoms with Crippen LogP contribution < -0.4 is 5.32 Å². The lowest BCUT2D eigenvalue weighted by atomic mass is 10.2. The van der Waals surface area contributed by atoms with Gasteiger partial charge in [-0.1, -0.05) is 0 Å². The fraction of sp³-hybridized carbons (Fsp3) is 0.833. The van der Waals surface area contributed by atoms with E-state index in [2.05, 4.69) is 12.4 Å². The second-order valence-corrected chi connectivity index (χ2v) is 2.31. The quantitative estimate of drug-likeness (QED) is 0.513. The first kappa shape index (κ1) is 6.05. The van der Waals surface area contributed by atoms with Gasteiger partial charge in [0.25, 0.3) is 0 Å². The monoisotopic (exact) mass is 114 g/mol. The van der Waals surface area contributed by atoms with Crippen LogP contribution in [0.2, 0.25) is 0 Å². The summed E-state index contributed by atoms with van der Waals surface area (Å²) in [4.78, 5) is 0. The fourth-order valence-corrected chi connectivity index (χ4v) is 1.18. The lowest BCUT2D eigenvalue weighted by Crippen LogP contribution is -2.30. The van der Waals surface area contributed by atoms with Crippen LogP contribution in [0.5, 0.6) is 0 Å². The molecule has 2 heteroatoms. The van der Waals surface area contributed by atoms with E-state index in [-0.39, 0.29) is 12.1 Å². The van der Waals surface area contributed by atoms with Gasteiger partial charge in [0.15, 0.2) is 0 Å². The Morgan fingerprint density at radius 2 is 2.25 bits per heavy atom. The van der Waals surface area contributed by atoms with Crippen LogP contribution in [0.25, 0.3) is 0 Å². The van der Waals surface area contributed by atoms with Crippen molar-refractivity contribution in [2.75, 3.05) is 0 Å². The predicted molar refractivity (Wildman–Crippen MR) is 32.1 cm³/mol. The van der Waals surface area contributed by atoms with E-state index in [1.807, 2.05) is 0 Å².